The summed E-state index contributed by atoms with van der Waals surface area (Å²) in [6.07, 6.45) is 0. The topological polar surface area (TPSA) is 55.4 Å². The van der Waals surface area contributed by atoms with Gasteiger partial charge in [0.25, 0.3) is 0 Å². The first-order valence-corrected chi connectivity index (χ1v) is 5.51. The summed E-state index contributed by atoms with van der Waals surface area (Å²) in [6.45, 7) is 4.80. The number of hydrogen-bond acceptors (Lipinski definition) is 3. The minimum absolute atomic E-state index is 0.0535. The Kier molecular flexibility index (Phi) is 4.86. The van der Waals surface area contributed by atoms with E-state index in [2.05, 4.69) is 4.99 Å². The minimum atomic E-state index is -0.289. The molecule has 16 heavy (non-hydrogen) atoms. The normalized spacial score (nSPS) is 13.6. The molecule has 1 unspecified atom stereocenters. The van der Waals surface area contributed by atoms with Crippen LogP contribution in [0.25, 0.3) is 0 Å². The number of ketones is 1. The predicted molar refractivity (Wildman–Crippen MR) is 67.0 cm³/mol. The van der Waals surface area contributed by atoms with Gasteiger partial charge in [0.05, 0.1) is 5.92 Å². The van der Waals surface area contributed by atoms with E-state index in [0.29, 0.717) is 18.7 Å². The zero-order valence-corrected chi connectivity index (χ0v) is 9.81. The molecule has 3 nitrogen and oxygen atoms in total. The van der Waals surface area contributed by atoms with Crippen LogP contribution >= 0.6 is 0 Å². The first-order chi connectivity index (χ1) is 7.70. The van der Waals surface area contributed by atoms with Crippen LogP contribution < -0.4 is 5.73 Å². The molecule has 0 heterocycles. The molecule has 0 spiro atoms. The van der Waals surface area contributed by atoms with Crippen molar-refractivity contribution in [2.75, 3.05) is 13.1 Å². The van der Waals surface area contributed by atoms with Crippen molar-refractivity contribution in [1.82, 2.24) is 0 Å². The van der Waals surface area contributed by atoms with Crippen LogP contribution in [0.15, 0.2) is 35.3 Å². The van der Waals surface area contributed by atoms with Crippen LogP contribution in [0.1, 0.15) is 24.2 Å². The number of nitrogens with zero attached hydrogens (tertiary/aromatic N) is 1. The van der Waals surface area contributed by atoms with E-state index in [-0.39, 0.29) is 11.7 Å². The Morgan fingerprint density at radius 2 is 2.00 bits per heavy atom. The lowest BCUT2D eigenvalue weighted by atomic mass is 9.94. The highest BCUT2D eigenvalue weighted by Gasteiger charge is 2.20. The van der Waals surface area contributed by atoms with Gasteiger partial charge in [-0.3, -0.25) is 9.79 Å². The van der Waals surface area contributed by atoms with Gasteiger partial charge in [-0.25, -0.2) is 0 Å². The number of hydrogen-bond donors (Lipinski definition) is 1. The average Bonchev–Trinajstić information content (AvgIpc) is 2.31. The van der Waals surface area contributed by atoms with E-state index in [1.54, 1.807) is 0 Å². The van der Waals surface area contributed by atoms with Crippen LogP contribution in [0.3, 0.4) is 0 Å². The second-order valence-corrected chi connectivity index (χ2v) is 3.63. The zero-order chi connectivity index (χ0) is 12.0. The monoisotopic (exact) mass is 218 g/mol. The van der Waals surface area contributed by atoms with Crippen LogP contribution in [-0.4, -0.2) is 24.6 Å². The number of Topliss-reactive ketones (excluding diaryl/α,β-unsaturated/α-hetero) is 1. The SMILES string of the molecule is CCN=C(C)C(CN)C(=O)c1ccccc1. The zero-order valence-electron chi connectivity index (χ0n) is 9.81. The lowest BCUT2D eigenvalue weighted by Gasteiger charge is -2.13. The van der Waals surface area contributed by atoms with Crippen LogP contribution in [0.5, 0.6) is 0 Å². The van der Waals surface area contributed by atoms with Crippen molar-refractivity contribution in [1.29, 1.82) is 0 Å². The quantitative estimate of drug-likeness (QED) is 0.606. The predicted octanol–water partition coefficient (Wildman–Crippen LogP) is 1.93. The summed E-state index contributed by atoms with van der Waals surface area (Å²) < 4.78 is 0. The Hall–Kier alpha value is -1.48. The summed E-state index contributed by atoms with van der Waals surface area (Å²) in [5.41, 5.74) is 7.16. The summed E-state index contributed by atoms with van der Waals surface area (Å²) >= 11 is 0. The highest BCUT2D eigenvalue weighted by Crippen LogP contribution is 2.10. The van der Waals surface area contributed by atoms with E-state index < -0.39 is 0 Å². The second-order valence-electron chi connectivity index (χ2n) is 3.63. The fraction of sp³-hybridized carbons (Fsp3) is 0.385. The van der Waals surface area contributed by atoms with Crippen LogP contribution in [-0.2, 0) is 0 Å². The highest BCUT2D eigenvalue weighted by molar-refractivity contribution is 6.11. The molecule has 0 saturated carbocycles. The third-order valence-corrected chi connectivity index (χ3v) is 2.52. The summed E-state index contributed by atoms with van der Waals surface area (Å²) in [6, 6.07) is 9.22. The molecular formula is C13H18N2O. The van der Waals surface area contributed by atoms with Crippen LogP contribution in [0.2, 0.25) is 0 Å². The Morgan fingerprint density at radius 3 is 2.50 bits per heavy atom. The maximum Gasteiger partial charge on any atom is 0.172 e. The van der Waals surface area contributed by atoms with E-state index in [4.69, 9.17) is 5.73 Å². The molecule has 0 aliphatic carbocycles. The van der Waals surface area contributed by atoms with E-state index in [1.165, 1.54) is 0 Å². The Bertz CT molecular complexity index is 371. The van der Waals surface area contributed by atoms with E-state index in [9.17, 15) is 4.79 Å². The van der Waals surface area contributed by atoms with Gasteiger partial charge in [-0.05, 0) is 13.8 Å². The largest absolute Gasteiger partial charge is 0.329 e. The summed E-state index contributed by atoms with van der Waals surface area (Å²) in [5, 5.41) is 0. The molecule has 0 aliphatic rings. The number of rotatable bonds is 5. The van der Waals surface area contributed by atoms with Gasteiger partial charge >= 0.3 is 0 Å². The van der Waals surface area contributed by atoms with Gasteiger partial charge in [0.15, 0.2) is 5.78 Å². The molecule has 1 rings (SSSR count). The molecule has 3 heteroatoms. The van der Waals surface area contributed by atoms with Crippen LogP contribution in [0.4, 0.5) is 0 Å². The molecule has 0 aromatic heterocycles. The van der Waals surface area contributed by atoms with Crippen molar-refractivity contribution < 1.29 is 4.79 Å². The molecule has 2 N–H and O–H groups in total. The molecular weight excluding hydrogens is 200 g/mol. The maximum absolute atomic E-state index is 12.1. The number of nitrogens with two attached hydrogens (primary N) is 1. The first kappa shape index (κ1) is 12.6. The molecule has 0 bridgehead atoms. The fourth-order valence-corrected chi connectivity index (χ4v) is 1.63. The molecule has 0 amide bonds. The van der Waals surface area contributed by atoms with E-state index >= 15 is 0 Å². The van der Waals surface area contributed by atoms with Crippen molar-refractivity contribution in [3.05, 3.63) is 35.9 Å². The standard InChI is InChI=1S/C13H18N2O/c1-3-15-10(2)12(9-14)13(16)11-7-5-4-6-8-11/h4-8,12H,3,9,14H2,1-2H3. The molecule has 0 radical (unpaired) electrons. The van der Waals surface area contributed by atoms with Gasteiger partial charge in [-0.2, -0.15) is 0 Å². The molecule has 1 aromatic carbocycles. The lowest BCUT2D eigenvalue weighted by Crippen LogP contribution is -2.30. The van der Waals surface area contributed by atoms with Crippen molar-refractivity contribution in [3.8, 4) is 0 Å². The molecule has 0 fully saturated rings. The van der Waals surface area contributed by atoms with Gasteiger partial charge in [0.1, 0.15) is 0 Å². The number of aliphatic imine (C=N–C) groups is 1. The smallest absolute Gasteiger partial charge is 0.172 e. The summed E-state index contributed by atoms with van der Waals surface area (Å²) in [5.74, 6) is -0.236. The van der Waals surface area contributed by atoms with Crippen molar-refractivity contribution in [2.45, 2.75) is 13.8 Å². The summed E-state index contributed by atoms with van der Waals surface area (Å²) in [4.78, 5) is 16.4. The minimum Gasteiger partial charge on any atom is -0.329 e. The van der Waals surface area contributed by atoms with Crippen LogP contribution in [0, 0.1) is 5.92 Å². The third kappa shape index (κ3) is 3.00. The van der Waals surface area contributed by atoms with Gasteiger partial charge in [-0.15, -0.1) is 0 Å². The van der Waals surface area contributed by atoms with Crippen molar-refractivity contribution in [2.24, 2.45) is 16.6 Å². The number of benzene rings is 1. The van der Waals surface area contributed by atoms with Gasteiger partial charge in [0.2, 0.25) is 0 Å². The maximum atomic E-state index is 12.1. The lowest BCUT2D eigenvalue weighted by molar-refractivity contribution is 0.0957. The Labute approximate surface area is 96.4 Å². The number of carbonyl (C=O) groups is 1. The number of carbonyl (C=O) groups excluding carboxylic acids is 1. The molecule has 1 aromatic rings. The molecule has 0 aliphatic heterocycles. The molecule has 1 atom stereocenters. The van der Waals surface area contributed by atoms with E-state index in [0.717, 1.165) is 5.71 Å². The molecule has 86 valence electrons. The van der Waals surface area contributed by atoms with Crippen molar-refractivity contribution in [3.63, 3.8) is 0 Å². The Morgan fingerprint density at radius 1 is 1.38 bits per heavy atom. The third-order valence-electron chi connectivity index (χ3n) is 2.52. The van der Waals surface area contributed by atoms with Crippen molar-refractivity contribution >= 4 is 11.5 Å². The average molecular weight is 218 g/mol. The second kappa shape index (κ2) is 6.18. The fourth-order valence-electron chi connectivity index (χ4n) is 1.63. The molecule has 0 saturated heterocycles. The van der Waals surface area contributed by atoms with Gasteiger partial charge < -0.3 is 5.73 Å². The summed E-state index contributed by atoms with van der Waals surface area (Å²) in [7, 11) is 0. The van der Waals surface area contributed by atoms with Gasteiger partial charge in [-0.1, -0.05) is 30.3 Å². The Balaban J connectivity index is 2.90. The highest BCUT2D eigenvalue weighted by atomic mass is 16.1. The van der Waals surface area contributed by atoms with Gasteiger partial charge in [0, 0.05) is 24.4 Å². The van der Waals surface area contributed by atoms with E-state index in [1.807, 2.05) is 44.2 Å². The first-order valence-electron chi connectivity index (χ1n) is 5.51.